The van der Waals surface area contributed by atoms with Crippen LogP contribution in [0.15, 0.2) is 53.7 Å². The van der Waals surface area contributed by atoms with Crippen LogP contribution < -0.4 is 10.0 Å². The molecule has 1 amide bonds. The molecule has 0 spiro atoms. The fraction of sp³-hybridized carbons (Fsp3) is 0.111. The highest BCUT2D eigenvalue weighted by atomic mass is 32.2. The van der Waals surface area contributed by atoms with Gasteiger partial charge in [0.05, 0.1) is 11.8 Å². The first-order valence-electron chi connectivity index (χ1n) is 7.96. The number of H-pyrrole nitrogens is 1. The molecule has 7 nitrogen and oxygen atoms in total. The fourth-order valence-corrected chi connectivity index (χ4v) is 3.49. The molecular weight excluding hydrogens is 371 g/mol. The molecular formula is C18H17FN4O3S. The van der Waals surface area contributed by atoms with Crippen LogP contribution in [0.25, 0.3) is 0 Å². The van der Waals surface area contributed by atoms with Crippen molar-refractivity contribution in [2.24, 2.45) is 0 Å². The number of amides is 1. The molecule has 0 fully saturated rings. The predicted molar refractivity (Wildman–Crippen MR) is 99.7 cm³/mol. The van der Waals surface area contributed by atoms with Crippen molar-refractivity contribution in [2.45, 2.75) is 18.9 Å². The summed E-state index contributed by atoms with van der Waals surface area (Å²) >= 11 is 0. The summed E-state index contributed by atoms with van der Waals surface area (Å²) in [7, 11) is -4.07. The number of benzene rings is 2. The van der Waals surface area contributed by atoms with Crippen molar-refractivity contribution in [3.63, 3.8) is 0 Å². The quantitative estimate of drug-likeness (QED) is 0.624. The summed E-state index contributed by atoms with van der Waals surface area (Å²) < 4.78 is 41.2. The largest absolute Gasteiger partial charge is 0.322 e. The minimum absolute atomic E-state index is 0.185. The maximum absolute atomic E-state index is 13.6. The molecule has 3 N–H and O–H groups in total. The molecule has 9 heteroatoms. The highest BCUT2D eigenvalue weighted by Gasteiger charge is 2.25. The predicted octanol–water partition coefficient (Wildman–Crippen LogP) is 3.22. The Morgan fingerprint density at radius 1 is 1.07 bits per heavy atom. The number of rotatable bonds is 5. The number of nitrogens with zero attached hydrogens (tertiary/aromatic N) is 1. The van der Waals surface area contributed by atoms with E-state index in [9.17, 15) is 17.6 Å². The number of aromatic amines is 1. The van der Waals surface area contributed by atoms with Crippen LogP contribution in [0.3, 0.4) is 0 Å². The van der Waals surface area contributed by atoms with Crippen LogP contribution in [0, 0.1) is 19.7 Å². The Morgan fingerprint density at radius 2 is 1.74 bits per heavy atom. The lowest BCUT2D eigenvalue weighted by Crippen LogP contribution is -2.19. The van der Waals surface area contributed by atoms with Crippen molar-refractivity contribution >= 4 is 27.3 Å². The zero-order valence-corrected chi connectivity index (χ0v) is 15.4. The Kier molecular flexibility index (Phi) is 4.95. The van der Waals surface area contributed by atoms with E-state index in [0.717, 1.165) is 17.8 Å². The minimum Gasteiger partial charge on any atom is -0.322 e. The van der Waals surface area contributed by atoms with E-state index >= 15 is 0 Å². The van der Waals surface area contributed by atoms with Crippen LogP contribution in [-0.4, -0.2) is 24.5 Å². The van der Waals surface area contributed by atoms with Crippen molar-refractivity contribution in [2.75, 3.05) is 10.0 Å². The average molecular weight is 388 g/mol. The van der Waals surface area contributed by atoms with Crippen molar-refractivity contribution in [3.8, 4) is 0 Å². The van der Waals surface area contributed by atoms with E-state index < -0.39 is 21.7 Å². The monoisotopic (exact) mass is 388 g/mol. The lowest BCUT2D eigenvalue weighted by atomic mass is 10.2. The number of hydrogen-bond acceptors (Lipinski definition) is 4. The maximum atomic E-state index is 13.6. The summed E-state index contributed by atoms with van der Waals surface area (Å²) in [5, 5.41) is 8.07. The fourth-order valence-electron chi connectivity index (χ4n) is 2.34. The van der Waals surface area contributed by atoms with E-state index in [1.54, 1.807) is 31.2 Å². The molecule has 140 valence electrons. The standard InChI is InChI=1S/C18H17FN4O3S/c1-11-3-6-13(7-4-11)23-27(25,26)18-15(10-20-22-18)17(24)21-14-8-5-12(2)16(19)9-14/h3-10,23H,1-2H3,(H,20,22)(H,21,24). The summed E-state index contributed by atoms with van der Waals surface area (Å²) in [6.07, 6.45) is 1.10. The summed E-state index contributed by atoms with van der Waals surface area (Å²) in [4.78, 5) is 12.5. The van der Waals surface area contributed by atoms with Gasteiger partial charge >= 0.3 is 0 Å². The second-order valence-electron chi connectivity index (χ2n) is 6.00. The van der Waals surface area contributed by atoms with E-state index in [1.807, 2.05) is 6.92 Å². The average Bonchev–Trinajstić information content (AvgIpc) is 3.11. The molecule has 1 aromatic heterocycles. The summed E-state index contributed by atoms with van der Waals surface area (Å²) in [6, 6.07) is 10.9. The van der Waals surface area contributed by atoms with Crippen LogP contribution in [-0.2, 0) is 10.0 Å². The Balaban J connectivity index is 1.84. The van der Waals surface area contributed by atoms with Gasteiger partial charge in [0.2, 0.25) is 0 Å². The van der Waals surface area contributed by atoms with Gasteiger partial charge in [0, 0.05) is 11.4 Å². The third-order valence-corrected chi connectivity index (χ3v) is 5.20. The molecule has 0 radical (unpaired) electrons. The minimum atomic E-state index is -4.07. The van der Waals surface area contributed by atoms with Crippen molar-refractivity contribution in [3.05, 3.63) is 71.2 Å². The highest BCUT2D eigenvalue weighted by molar-refractivity contribution is 7.92. The van der Waals surface area contributed by atoms with Crippen molar-refractivity contribution in [1.82, 2.24) is 10.2 Å². The number of anilines is 2. The summed E-state index contributed by atoms with van der Waals surface area (Å²) in [6.45, 7) is 3.47. The van der Waals surface area contributed by atoms with Gasteiger partial charge < -0.3 is 5.32 Å². The van der Waals surface area contributed by atoms with E-state index in [0.29, 0.717) is 11.3 Å². The summed E-state index contributed by atoms with van der Waals surface area (Å²) in [5.74, 6) is -1.20. The van der Waals surface area contributed by atoms with E-state index in [2.05, 4.69) is 20.2 Å². The molecule has 27 heavy (non-hydrogen) atoms. The molecule has 0 aliphatic heterocycles. The molecule has 1 heterocycles. The number of carbonyl (C=O) groups excluding carboxylic acids is 1. The second-order valence-corrected chi connectivity index (χ2v) is 7.62. The van der Waals surface area contributed by atoms with Crippen LogP contribution in [0.4, 0.5) is 15.8 Å². The molecule has 3 aromatic rings. The number of hydrogen-bond donors (Lipinski definition) is 3. The van der Waals surface area contributed by atoms with Crippen molar-refractivity contribution in [1.29, 1.82) is 0 Å². The van der Waals surface area contributed by atoms with E-state index in [1.165, 1.54) is 12.1 Å². The number of carbonyl (C=O) groups is 1. The SMILES string of the molecule is Cc1ccc(NS(=O)(=O)c2[nH]ncc2C(=O)Nc2ccc(C)c(F)c2)cc1. The number of halogens is 1. The molecule has 3 rings (SSSR count). The molecule has 0 saturated carbocycles. The number of sulfonamides is 1. The van der Waals surface area contributed by atoms with Gasteiger partial charge in [-0.3, -0.25) is 14.6 Å². The normalized spacial score (nSPS) is 11.2. The van der Waals surface area contributed by atoms with Crippen LogP contribution in [0.2, 0.25) is 0 Å². The molecule has 2 aromatic carbocycles. The molecule has 0 aliphatic rings. The van der Waals surface area contributed by atoms with Crippen LogP contribution in [0.5, 0.6) is 0 Å². The number of aromatic nitrogens is 2. The highest BCUT2D eigenvalue weighted by Crippen LogP contribution is 2.20. The topological polar surface area (TPSA) is 104 Å². The molecule has 0 saturated heterocycles. The lowest BCUT2D eigenvalue weighted by molar-refractivity contribution is 0.102. The van der Waals surface area contributed by atoms with Gasteiger partial charge in [0.1, 0.15) is 5.82 Å². The smallest absolute Gasteiger partial charge is 0.279 e. The Bertz CT molecular complexity index is 1090. The summed E-state index contributed by atoms with van der Waals surface area (Å²) in [5.41, 5.74) is 1.78. The first kappa shape index (κ1) is 18.6. The first-order chi connectivity index (χ1) is 12.8. The molecule has 0 aliphatic carbocycles. The van der Waals surface area contributed by atoms with E-state index in [-0.39, 0.29) is 16.3 Å². The molecule has 0 atom stereocenters. The maximum Gasteiger partial charge on any atom is 0.279 e. The van der Waals surface area contributed by atoms with Crippen LogP contribution in [0.1, 0.15) is 21.5 Å². The number of nitrogens with one attached hydrogen (secondary N) is 3. The molecule has 0 unspecified atom stereocenters. The third-order valence-electron chi connectivity index (χ3n) is 3.85. The van der Waals surface area contributed by atoms with E-state index in [4.69, 9.17) is 0 Å². The van der Waals surface area contributed by atoms with Gasteiger partial charge in [0.15, 0.2) is 5.03 Å². The zero-order valence-electron chi connectivity index (χ0n) is 14.6. The Labute approximate surface area is 155 Å². The van der Waals surface area contributed by atoms with Gasteiger partial charge in [-0.05, 0) is 43.7 Å². The van der Waals surface area contributed by atoms with Crippen molar-refractivity contribution < 1.29 is 17.6 Å². The van der Waals surface area contributed by atoms with Gasteiger partial charge in [0.25, 0.3) is 15.9 Å². The van der Waals surface area contributed by atoms with Gasteiger partial charge in [-0.2, -0.15) is 13.5 Å². The van der Waals surface area contributed by atoms with Gasteiger partial charge in [-0.15, -0.1) is 0 Å². The number of aryl methyl sites for hydroxylation is 2. The zero-order chi connectivity index (χ0) is 19.6. The second kappa shape index (κ2) is 7.20. The third kappa shape index (κ3) is 4.14. The molecule has 0 bridgehead atoms. The van der Waals surface area contributed by atoms with Gasteiger partial charge in [-0.1, -0.05) is 23.8 Å². The Morgan fingerprint density at radius 3 is 2.41 bits per heavy atom. The first-order valence-corrected chi connectivity index (χ1v) is 9.45. The van der Waals surface area contributed by atoms with Crippen LogP contribution >= 0.6 is 0 Å². The Hall–Kier alpha value is -3.20. The lowest BCUT2D eigenvalue weighted by Gasteiger charge is -2.09. The van der Waals surface area contributed by atoms with Gasteiger partial charge in [-0.25, -0.2) is 4.39 Å².